The zero-order valence-corrected chi connectivity index (χ0v) is 9.77. The predicted octanol–water partition coefficient (Wildman–Crippen LogP) is 3.11. The second-order valence-electron chi connectivity index (χ2n) is 3.21. The summed E-state index contributed by atoms with van der Waals surface area (Å²) in [7, 11) is 0. The Kier molecular flexibility index (Phi) is 2.83. The van der Waals surface area contributed by atoms with Gasteiger partial charge in [0.25, 0.3) is 0 Å². The second kappa shape index (κ2) is 3.95. The Balaban J connectivity index is 2.46. The minimum Gasteiger partial charge on any atom is -0.481 e. The van der Waals surface area contributed by atoms with Crippen molar-refractivity contribution >= 4 is 33.7 Å². The SMILES string of the molecule is O=C(O)C1CCSc2ccc(Br)cc21. The fourth-order valence-corrected chi connectivity index (χ4v) is 3.11. The van der Waals surface area contributed by atoms with Crippen molar-refractivity contribution in [3.8, 4) is 0 Å². The normalized spacial score (nSPS) is 20.2. The number of rotatable bonds is 1. The van der Waals surface area contributed by atoms with Crippen LogP contribution >= 0.6 is 27.7 Å². The van der Waals surface area contributed by atoms with E-state index >= 15 is 0 Å². The minimum absolute atomic E-state index is 0.330. The first-order valence-electron chi connectivity index (χ1n) is 4.33. The first-order chi connectivity index (χ1) is 6.68. The number of fused-ring (bicyclic) bond motifs is 1. The number of halogens is 1. The van der Waals surface area contributed by atoms with Crippen molar-refractivity contribution in [2.75, 3.05) is 5.75 Å². The third-order valence-corrected chi connectivity index (χ3v) is 3.93. The van der Waals surface area contributed by atoms with Gasteiger partial charge in [0.15, 0.2) is 0 Å². The smallest absolute Gasteiger partial charge is 0.311 e. The Morgan fingerprint density at radius 2 is 2.36 bits per heavy atom. The van der Waals surface area contributed by atoms with E-state index < -0.39 is 5.97 Å². The number of benzene rings is 1. The summed E-state index contributed by atoms with van der Waals surface area (Å²) in [6.07, 6.45) is 0.726. The maximum absolute atomic E-state index is 11.0. The molecule has 1 N–H and O–H groups in total. The molecule has 0 radical (unpaired) electrons. The average molecular weight is 273 g/mol. The molecule has 0 fully saturated rings. The fraction of sp³-hybridized carbons (Fsp3) is 0.300. The molecule has 14 heavy (non-hydrogen) atoms. The molecule has 2 rings (SSSR count). The highest BCUT2D eigenvalue weighted by molar-refractivity contribution is 9.10. The molecule has 0 aliphatic carbocycles. The first-order valence-corrected chi connectivity index (χ1v) is 6.11. The quantitative estimate of drug-likeness (QED) is 0.854. The standard InChI is InChI=1S/C10H9BrO2S/c11-6-1-2-9-8(5-6)7(10(12)13)3-4-14-9/h1-2,5,7H,3-4H2,(H,12,13). The molecule has 1 heterocycles. The summed E-state index contributed by atoms with van der Waals surface area (Å²) in [6, 6.07) is 5.86. The van der Waals surface area contributed by atoms with Crippen molar-refractivity contribution in [2.24, 2.45) is 0 Å². The van der Waals surface area contributed by atoms with Crippen LogP contribution in [0.2, 0.25) is 0 Å². The summed E-state index contributed by atoms with van der Waals surface area (Å²) >= 11 is 5.10. The first kappa shape index (κ1) is 10.1. The number of aliphatic carboxylic acids is 1. The number of carboxylic acids is 1. The molecule has 0 saturated carbocycles. The van der Waals surface area contributed by atoms with Gasteiger partial charge >= 0.3 is 5.97 Å². The monoisotopic (exact) mass is 272 g/mol. The van der Waals surface area contributed by atoms with E-state index in [1.54, 1.807) is 11.8 Å². The summed E-state index contributed by atoms with van der Waals surface area (Å²) < 4.78 is 0.949. The third kappa shape index (κ3) is 1.81. The van der Waals surface area contributed by atoms with Gasteiger partial charge in [0.2, 0.25) is 0 Å². The lowest BCUT2D eigenvalue weighted by molar-refractivity contribution is -0.138. The second-order valence-corrected chi connectivity index (χ2v) is 5.26. The predicted molar refractivity (Wildman–Crippen MR) is 59.9 cm³/mol. The van der Waals surface area contributed by atoms with Gasteiger partial charge in [-0.05, 0) is 35.9 Å². The number of thioether (sulfide) groups is 1. The van der Waals surface area contributed by atoms with E-state index in [0.29, 0.717) is 0 Å². The molecule has 1 aromatic carbocycles. The van der Waals surface area contributed by atoms with Gasteiger partial charge in [0.05, 0.1) is 5.92 Å². The molecule has 0 bridgehead atoms. The molecule has 0 aromatic heterocycles. The molecule has 1 unspecified atom stereocenters. The van der Waals surface area contributed by atoms with E-state index in [1.165, 1.54) is 0 Å². The van der Waals surface area contributed by atoms with Gasteiger partial charge in [-0.3, -0.25) is 4.79 Å². The van der Waals surface area contributed by atoms with E-state index in [0.717, 1.165) is 27.1 Å². The van der Waals surface area contributed by atoms with Crippen LogP contribution in [0.3, 0.4) is 0 Å². The highest BCUT2D eigenvalue weighted by Crippen LogP contribution is 2.38. The van der Waals surface area contributed by atoms with Crippen LogP contribution in [0.5, 0.6) is 0 Å². The van der Waals surface area contributed by atoms with Gasteiger partial charge in [-0.2, -0.15) is 0 Å². The molecule has 1 aliphatic rings. The van der Waals surface area contributed by atoms with E-state index in [-0.39, 0.29) is 5.92 Å². The van der Waals surface area contributed by atoms with Crippen LogP contribution in [0.1, 0.15) is 17.9 Å². The van der Waals surface area contributed by atoms with E-state index in [9.17, 15) is 4.79 Å². The van der Waals surface area contributed by atoms with Crippen LogP contribution < -0.4 is 0 Å². The summed E-state index contributed by atoms with van der Waals surface area (Å²) in [5, 5.41) is 9.05. The number of hydrogen-bond acceptors (Lipinski definition) is 2. The molecule has 0 spiro atoms. The molecular formula is C10H9BrO2S. The van der Waals surface area contributed by atoms with Crippen molar-refractivity contribution < 1.29 is 9.90 Å². The largest absolute Gasteiger partial charge is 0.481 e. The van der Waals surface area contributed by atoms with Gasteiger partial charge in [-0.15, -0.1) is 11.8 Å². The number of hydrogen-bond donors (Lipinski definition) is 1. The Morgan fingerprint density at radius 1 is 1.57 bits per heavy atom. The van der Waals surface area contributed by atoms with Crippen LogP contribution in [-0.4, -0.2) is 16.8 Å². The number of carbonyl (C=O) groups is 1. The molecule has 0 saturated heterocycles. The maximum atomic E-state index is 11.0. The van der Waals surface area contributed by atoms with E-state index in [2.05, 4.69) is 15.9 Å². The van der Waals surface area contributed by atoms with Crippen molar-refractivity contribution in [3.05, 3.63) is 28.2 Å². The molecule has 1 aliphatic heterocycles. The molecule has 1 aromatic rings. The van der Waals surface area contributed by atoms with Crippen LogP contribution in [0.25, 0.3) is 0 Å². The van der Waals surface area contributed by atoms with Crippen molar-refractivity contribution in [1.82, 2.24) is 0 Å². The summed E-state index contributed by atoms with van der Waals surface area (Å²) in [6.45, 7) is 0. The molecule has 2 nitrogen and oxygen atoms in total. The van der Waals surface area contributed by atoms with Crippen LogP contribution in [0.15, 0.2) is 27.6 Å². The zero-order valence-electron chi connectivity index (χ0n) is 7.37. The van der Waals surface area contributed by atoms with Gasteiger partial charge in [-0.25, -0.2) is 0 Å². The van der Waals surface area contributed by atoms with Crippen LogP contribution in [0, 0.1) is 0 Å². The Morgan fingerprint density at radius 3 is 3.07 bits per heavy atom. The van der Waals surface area contributed by atoms with Gasteiger partial charge in [0, 0.05) is 9.37 Å². The van der Waals surface area contributed by atoms with Gasteiger partial charge < -0.3 is 5.11 Å². The Bertz CT molecular complexity index is 378. The average Bonchev–Trinajstić information content (AvgIpc) is 2.16. The maximum Gasteiger partial charge on any atom is 0.311 e. The third-order valence-electron chi connectivity index (χ3n) is 2.31. The highest BCUT2D eigenvalue weighted by Gasteiger charge is 2.26. The zero-order chi connectivity index (χ0) is 10.1. The Hall–Kier alpha value is -0.480. The lowest BCUT2D eigenvalue weighted by Gasteiger charge is -2.21. The van der Waals surface area contributed by atoms with Crippen LogP contribution in [0.4, 0.5) is 0 Å². The molecule has 1 atom stereocenters. The van der Waals surface area contributed by atoms with Crippen LogP contribution in [-0.2, 0) is 4.79 Å². The molecular weight excluding hydrogens is 264 g/mol. The lowest BCUT2D eigenvalue weighted by atomic mass is 9.96. The summed E-state index contributed by atoms with van der Waals surface area (Å²) in [5.41, 5.74) is 0.947. The van der Waals surface area contributed by atoms with Gasteiger partial charge in [-0.1, -0.05) is 15.9 Å². The molecule has 74 valence electrons. The summed E-state index contributed by atoms with van der Waals surface area (Å²) in [4.78, 5) is 12.1. The van der Waals surface area contributed by atoms with Crippen molar-refractivity contribution in [1.29, 1.82) is 0 Å². The van der Waals surface area contributed by atoms with E-state index in [4.69, 9.17) is 5.11 Å². The highest BCUT2D eigenvalue weighted by atomic mass is 79.9. The topological polar surface area (TPSA) is 37.3 Å². The minimum atomic E-state index is -0.718. The molecule has 4 heteroatoms. The Labute approximate surface area is 94.8 Å². The van der Waals surface area contributed by atoms with E-state index in [1.807, 2.05) is 18.2 Å². The lowest BCUT2D eigenvalue weighted by Crippen LogP contribution is -2.16. The van der Waals surface area contributed by atoms with Gasteiger partial charge in [0.1, 0.15) is 0 Å². The van der Waals surface area contributed by atoms with Crippen molar-refractivity contribution in [2.45, 2.75) is 17.2 Å². The van der Waals surface area contributed by atoms with Crippen molar-refractivity contribution in [3.63, 3.8) is 0 Å². The summed E-state index contributed by atoms with van der Waals surface area (Å²) in [5.74, 6) is -0.153. The fourth-order valence-electron chi connectivity index (χ4n) is 1.62. The molecule has 0 amide bonds. The number of carboxylic acid groups (broad SMARTS) is 1.